The van der Waals surface area contributed by atoms with Gasteiger partial charge < -0.3 is 25.4 Å². The van der Waals surface area contributed by atoms with Crippen LogP contribution >= 0.6 is 0 Å². The summed E-state index contributed by atoms with van der Waals surface area (Å²) in [5.41, 5.74) is 1.66. The number of halogens is 1. The first kappa shape index (κ1) is 19.6. The van der Waals surface area contributed by atoms with Crippen molar-refractivity contribution < 1.29 is 19.0 Å². The lowest BCUT2D eigenvalue weighted by Crippen LogP contribution is -2.39. The van der Waals surface area contributed by atoms with Crippen LogP contribution in [0.2, 0.25) is 0 Å². The Balaban J connectivity index is 2.01. The Hall–Kier alpha value is -1.70. The van der Waals surface area contributed by atoms with E-state index in [2.05, 4.69) is 15.5 Å². The van der Waals surface area contributed by atoms with Gasteiger partial charge in [0.2, 0.25) is 5.91 Å². The normalized spacial score (nSPS) is 16.7. The topological polar surface area (TPSA) is 73.8 Å². The van der Waals surface area contributed by atoms with Gasteiger partial charge in [-0.3, -0.25) is 4.79 Å². The molecule has 1 aliphatic rings. The van der Waals surface area contributed by atoms with Crippen LogP contribution in [0.3, 0.4) is 0 Å². The SMILES string of the molecule is COCCNCC(=O)N[C@@H](C)c1cc(F)ccc1N1CCC(O)CC1. The summed E-state index contributed by atoms with van der Waals surface area (Å²) >= 11 is 0. The molecule has 1 amide bonds. The average molecular weight is 353 g/mol. The number of hydrogen-bond acceptors (Lipinski definition) is 5. The molecule has 0 aromatic heterocycles. The quantitative estimate of drug-likeness (QED) is 0.613. The standard InChI is InChI=1S/C18H28FN3O3/c1-13(21-18(24)12-20-7-10-25-2)16-11-14(19)3-4-17(16)22-8-5-15(23)6-9-22/h3-4,11,13,15,20,23H,5-10,12H2,1-2H3,(H,21,24)/t13-/m0/s1. The number of methoxy groups -OCH3 is 1. The third kappa shape index (κ3) is 5.95. The van der Waals surface area contributed by atoms with Gasteiger partial charge in [0.1, 0.15) is 5.82 Å². The van der Waals surface area contributed by atoms with Gasteiger partial charge >= 0.3 is 0 Å². The maximum absolute atomic E-state index is 13.8. The molecular weight excluding hydrogens is 325 g/mol. The summed E-state index contributed by atoms with van der Waals surface area (Å²) in [5.74, 6) is -0.469. The summed E-state index contributed by atoms with van der Waals surface area (Å²) in [6, 6.07) is 4.35. The molecule has 25 heavy (non-hydrogen) atoms. The number of nitrogens with one attached hydrogen (secondary N) is 2. The maximum Gasteiger partial charge on any atom is 0.234 e. The van der Waals surface area contributed by atoms with Gasteiger partial charge in [-0.1, -0.05) is 0 Å². The number of carbonyl (C=O) groups excluding carboxylic acids is 1. The van der Waals surface area contributed by atoms with Crippen molar-refractivity contribution in [1.29, 1.82) is 0 Å². The first-order valence-electron chi connectivity index (χ1n) is 8.72. The molecule has 1 aromatic carbocycles. The largest absolute Gasteiger partial charge is 0.393 e. The fraction of sp³-hybridized carbons (Fsp3) is 0.611. The molecule has 0 radical (unpaired) electrons. The Morgan fingerprint density at radius 2 is 2.16 bits per heavy atom. The van der Waals surface area contributed by atoms with Crippen LogP contribution in [-0.2, 0) is 9.53 Å². The second kappa shape index (κ2) is 9.70. The van der Waals surface area contributed by atoms with E-state index < -0.39 is 0 Å². The van der Waals surface area contributed by atoms with E-state index in [0.29, 0.717) is 26.0 Å². The fourth-order valence-corrected chi connectivity index (χ4v) is 3.01. The van der Waals surface area contributed by atoms with Crippen LogP contribution in [0.15, 0.2) is 18.2 Å². The minimum atomic E-state index is -0.324. The highest BCUT2D eigenvalue weighted by atomic mass is 19.1. The van der Waals surface area contributed by atoms with Crippen LogP contribution in [0.1, 0.15) is 31.4 Å². The van der Waals surface area contributed by atoms with Crippen molar-refractivity contribution in [3.63, 3.8) is 0 Å². The zero-order valence-electron chi connectivity index (χ0n) is 14.9. The van der Waals surface area contributed by atoms with Crippen LogP contribution < -0.4 is 15.5 Å². The molecule has 0 spiro atoms. The molecule has 3 N–H and O–H groups in total. The smallest absolute Gasteiger partial charge is 0.234 e. The third-order valence-electron chi connectivity index (χ3n) is 4.41. The van der Waals surface area contributed by atoms with Crippen molar-refractivity contribution >= 4 is 11.6 Å². The molecule has 1 aromatic rings. The van der Waals surface area contributed by atoms with Crippen molar-refractivity contribution in [3.8, 4) is 0 Å². The lowest BCUT2D eigenvalue weighted by Gasteiger charge is -2.34. The molecule has 0 bridgehead atoms. The highest BCUT2D eigenvalue weighted by molar-refractivity contribution is 5.78. The summed E-state index contributed by atoms with van der Waals surface area (Å²) in [4.78, 5) is 14.2. The van der Waals surface area contributed by atoms with Crippen molar-refractivity contribution in [2.75, 3.05) is 44.8 Å². The molecule has 7 heteroatoms. The Kier molecular flexibility index (Phi) is 7.61. The van der Waals surface area contributed by atoms with Crippen LogP contribution in [0.5, 0.6) is 0 Å². The van der Waals surface area contributed by atoms with Crippen LogP contribution in [0.25, 0.3) is 0 Å². The summed E-state index contributed by atoms with van der Waals surface area (Å²) in [6.07, 6.45) is 1.12. The summed E-state index contributed by atoms with van der Waals surface area (Å²) in [5, 5.41) is 15.6. The first-order chi connectivity index (χ1) is 12.0. The van der Waals surface area contributed by atoms with E-state index in [1.807, 2.05) is 6.92 Å². The van der Waals surface area contributed by atoms with E-state index in [1.54, 1.807) is 13.2 Å². The van der Waals surface area contributed by atoms with E-state index in [9.17, 15) is 14.3 Å². The minimum Gasteiger partial charge on any atom is -0.393 e. The van der Waals surface area contributed by atoms with Gasteiger partial charge in [0.05, 0.1) is 25.3 Å². The lowest BCUT2D eigenvalue weighted by molar-refractivity contribution is -0.120. The molecule has 0 unspecified atom stereocenters. The highest BCUT2D eigenvalue weighted by Crippen LogP contribution is 2.29. The zero-order chi connectivity index (χ0) is 18.2. The van der Waals surface area contributed by atoms with Gasteiger partial charge in [0.25, 0.3) is 0 Å². The predicted molar refractivity (Wildman–Crippen MR) is 95.2 cm³/mol. The number of piperidine rings is 1. The molecule has 6 nitrogen and oxygen atoms in total. The lowest BCUT2D eigenvalue weighted by atomic mass is 10.0. The molecular formula is C18H28FN3O3. The van der Waals surface area contributed by atoms with Gasteiger partial charge in [-0.05, 0) is 38.0 Å². The van der Waals surface area contributed by atoms with Gasteiger partial charge in [-0.15, -0.1) is 0 Å². The van der Waals surface area contributed by atoms with Crippen molar-refractivity contribution in [2.45, 2.75) is 31.9 Å². The molecule has 1 heterocycles. The van der Waals surface area contributed by atoms with Gasteiger partial charge in [0.15, 0.2) is 0 Å². The van der Waals surface area contributed by atoms with Gasteiger partial charge in [-0.25, -0.2) is 4.39 Å². The molecule has 1 saturated heterocycles. The number of aliphatic hydroxyl groups excluding tert-OH is 1. The molecule has 1 fully saturated rings. The molecule has 0 saturated carbocycles. The Labute approximate surface area is 148 Å². The highest BCUT2D eigenvalue weighted by Gasteiger charge is 2.22. The molecule has 1 aliphatic heterocycles. The fourth-order valence-electron chi connectivity index (χ4n) is 3.01. The number of amides is 1. The van der Waals surface area contributed by atoms with Crippen molar-refractivity contribution in [1.82, 2.24) is 10.6 Å². The van der Waals surface area contributed by atoms with Crippen molar-refractivity contribution in [3.05, 3.63) is 29.6 Å². The van der Waals surface area contributed by atoms with E-state index in [0.717, 1.165) is 24.3 Å². The zero-order valence-corrected chi connectivity index (χ0v) is 14.9. The molecule has 1 atom stereocenters. The minimum absolute atomic E-state index is 0.145. The summed E-state index contributed by atoms with van der Waals surface area (Å²) in [6.45, 7) is 4.62. The Morgan fingerprint density at radius 1 is 1.44 bits per heavy atom. The summed E-state index contributed by atoms with van der Waals surface area (Å²) in [7, 11) is 1.61. The number of hydrogen-bond donors (Lipinski definition) is 3. The summed E-state index contributed by atoms with van der Waals surface area (Å²) < 4.78 is 18.7. The van der Waals surface area contributed by atoms with Crippen LogP contribution in [0.4, 0.5) is 10.1 Å². The Bertz CT molecular complexity index is 562. The van der Waals surface area contributed by atoms with E-state index in [-0.39, 0.29) is 30.4 Å². The Morgan fingerprint density at radius 3 is 2.84 bits per heavy atom. The monoisotopic (exact) mass is 353 g/mol. The predicted octanol–water partition coefficient (Wildman–Crippen LogP) is 1.20. The number of benzene rings is 1. The second-order valence-corrected chi connectivity index (χ2v) is 6.38. The van der Waals surface area contributed by atoms with E-state index >= 15 is 0 Å². The van der Waals surface area contributed by atoms with Crippen LogP contribution in [0, 0.1) is 5.82 Å². The number of anilines is 1. The average Bonchev–Trinajstić information content (AvgIpc) is 2.59. The number of ether oxygens (including phenoxy) is 1. The second-order valence-electron chi connectivity index (χ2n) is 6.38. The number of rotatable bonds is 8. The number of nitrogens with zero attached hydrogens (tertiary/aromatic N) is 1. The van der Waals surface area contributed by atoms with E-state index in [1.165, 1.54) is 12.1 Å². The molecule has 140 valence electrons. The third-order valence-corrected chi connectivity index (χ3v) is 4.41. The van der Waals surface area contributed by atoms with Gasteiger partial charge in [-0.2, -0.15) is 0 Å². The molecule has 0 aliphatic carbocycles. The molecule has 2 rings (SSSR count). The first-order valence-corrected chi connectivity index (χ1v) is 8.72. The number of aliphatic hydroxyl groups is 1. The van der Waals surface area contributed by atoms with Gasteiger partial charge in [0, 0.05) is 38.0 Å². The maximum atomic E-state index is 13.8. The van der Waals surface area contributed by atoms with Crippen LogP contribution in [-0.4, -0.2) is 57.0 Å². The van der Waals surface area contributed by atoms with E-state index in [4.69, 9.17) is 4.74 Å². The van der Waals surface area contributed by atoms with Crippen molar-refractivity contribution in [2.24, 2.45) is 0 Å². The number of carbonyl (C=O) groups is 1.